The summed E-state index contributed by atoms with van der Waals surface area (Å²) in [7, 11) is 0. The Morgan fingerprint density at radius 1 is 0.538 bits per heavy atom. The minimum Gasteiger partial charge on any atom is -0.498 e. The van der Waals surface area contributed by atoms with E-state index < -0.39 is 5.41 Å². The Morgan fingerprint density at radius 3 is 1.31 bits per heavy atom. The first-order valence-electron chi connectivity index (χ1n) is 13.4. The second-order valence-corrected chi connectivity index (χ2v) is 8.66. The molecule has 0 unspecified atom stereocenters. The lowest BCUT2D eigenvalue weighted by Crippen LogP contribution is -2.28. The summed E-state index contributed by atoms with van der Waals surface area (Å²) in [5, 5.41) is 0. The van der Waals surface area contributed by atoms with Crippen LogP contribution in [0.1, 0.15) is 36.1 Å². The molecule has 4 heteroatoms. The van der Waals surface area contributed by atoms with Gasteiger partial charge < -0.3 is 18.9 Å². The molecule has 39 heavy (non-hydrogen) atoms. The third-order valence-electron chi connectivity index (χ3n) is 6.70. The molecule has 0 bridgehead atoms. The fraction of sp³-hybridized carbons (Fsp3) is 0.200. The molecule has 0 saturated heterocycles. The lowest BCUT2D eigenvalue weighted by molar-refractivity contribution is 0.179. The summed E-state index contributed by atoms with van der Waals surface area (Å²) in [6.45, 7) is 13.0. The minimum absolute atomic E-state index is 0.460. The second kappa shape index (κ2) is 13.4. The molecule has 0 saturated carbocycles. The molecule has 0 N–H and O–H groups in total. The molecule has 1 aliphatic rings. The van der Waals surface area contributed by atoms with Crippen LogP contribution in [-0.2, 0) is 14.9 Å². The standard InChI is InChI=1S/C33H30O4.C2H6/c1-3-34-21-23-36-27-17-13-25(14-18-27)33(26-15-19-28(20-16-26)37-24-22-35-4-2)31-11-7-5-9-29(31)30-10-6-8-12-32(30)33;1-2/h3-20H,1-2,21-24H2;1-2H3. The van der Waals surface area contributed by atoms with Crippen LogP contribution in [0.25, 0.3) is 11.1 Å². The van der Waals surface area contributed by atoms with Gasteiger partial charge in [0, 0.05) is 0 Å². The van der Waals surface area contributed by atoms with E-state index >= 15 is 0 Å². The summed E-state index contributed by atoms with van der Waals surface area (Å²) in [6, 6.07) is 34.2. The first kappa shape index (κ1) is 27.6. The van der Waals surface area contributed by atoms with Crippen molar-refractivity contribution in [1.29, 1.82) is 0 Å². The van der Waals surface area contributed by atoms with Gasteiger partial charge in [0.1, 0.15) is 37.9 Å². The van der Waals surface area contributed by atoms with Gasteiger partial charge in [0.2, 0.25) is 0 Å². The molecule has 200 valence electrons. The van der Waals surface area contributed by atoms with Gasteiger partial charge in [-0.2, -0.15) is 0 Å². The third-order valence-corrected chi connectivity index (χ3v) is 6.70. The highest BCUT2D eigenvalue weighted by Crippen LogP contribution is 2.56. The molecule has 0 aromatic heterocycles. The van der Waals surface area contributed by atoms with Gasteiger partial charge in [0.15, 0.2) is 0 Å². The lowest BCUT2D eigenvalue weighted by atomic mass is 9.68. The summed E-state index contributed by atoms with van der Waals surface area (Å²) in [4.78, 5) is 0. The predicted molar refractivity (Wildman–Crippen MR) is 158 cm³/mol. The van der Waals surface area contributed by atoms with Crippen LogP contribution in [0, 0.1) is 0 Å². The average molecular weight is 521 g/mol. The monoisotopic (exact) mass is 520 g/mol. The summed E-state index contributed by atoms with van der Waals surface area (Å²) < 4.78 is 22.1. The summed E-state index contributed by atoms with van der Waals surface area (Å²) in [5.74, 6) is 1.60. The second-order valence-electron chi connectivity index (χ2n) is 8.66. The molecule has 0 atom stereocenters. The van der Waals surface area contributed by atoms with Crippen molar-refractivity contribution in [1.82, 2.24) is 0 Å². The molecule has 4 aromatic carbocycles. The van der Waals surface area contributed by atoms with E-state index in [1.54, 1.807) is 0 Å². The number of ether oxygens (including phenoxy) is 4. The molecule has 0 spiro atoms. The van der Waals surface area contributed by atoms with E-state index in [4.69, 9.17) is 18.9 Å². The molecule has 4 nitrogen and oxygen atoms in total. The normalized spacial score (nSPS) is 12.2. The molecule has 5 rings (SSSR count). The third kappa shape index (κ3) is 5.56. The summed E-state index contributed by atoms with van der Waals surface area (Å²) in [6.07, 6.45) is 2.85. The fourth-order valence-corrected chi connectivity index (χ4v) is 5.21. The van der Waals surface area contributed by atoms with Crippen molar-refractivity contribution in [3.8, 4) is 22.6 Å². The molecule has 0 amide bonds. The van der Waals surface area contributed by atoms with Crippen molar-refractivity contribution in [3.63, 3.8) is 0 Å². The van der Waals surface area contributed by atoms with E-state index in [1.165, 1.54) is 45.9 Å². The topological polar surface area (TPSA) is 36.9 Å². The summed E-state index contributed by atoms with van der Waals surface area (Å²) in [5.41, 5.74) is 6.90. The number of hydrogen-bond acceptors (Lipinski definition) is 4. The predicted octanol–water partition coefficient (Wildman–Crippen LogP) is 8.15. The SMILES string of the molecule is C=COCCOc1ccc(C2(c3ccc(OCCOC=C)cc3)c3ccccc3-c3ccccc32)cc1.CC. The van der Waals surface area contributed by atoms with Gasteiger partial charge in [-0.25, -0.2) is 0 Å². The van der Waals surface area contributed by atoms with Crippen molar-refractivity contribution in [2.24, 2.45) is 0 Å². The first-order chi connectivity index (χ1) is 19.3. The Bertz CT molecular complexity index is 1250. The Kier molecular flexibility index (Phi) is 9.47. The smallest absolute Gasteiger partial charge is 0.122 e. The zero-order valence-corrected chi connectivity index (χ0v) is 22.8. The van der Waals surface area contributed by atoms with Gasteiger partial charge in [-0.05, 0) is 57.6 Å². The van der Waals surface area contributed by atoms with Crippen molar-refractivity contribution in [3.05, 3.63) is 145 Å². The number of rotatable bonds is 12. The van der Waals surface area contributed by atoms with Crippen molar-refractivity contribution >= 4 is 0 Å². The molecular formula is C35H36O4. The summed E-state index contributed by atoms with van der Waals surface area (Å²) >= 11 is 0. The molecule has 0 radical (unpaired) electrons. The molecular weight excluding hydrogens is 484 g/mol. The fourth-order valence-electron chi connectivity index (χ4n) is 5.21. The van der Waals surface area contributed by atoms with Crippen LogP contribution in [0.3, 0.4) is 0 Å². The molecule has 4 aromatic rings. The first-order valence-corrected chi connectivity index (χ1v) is 13.4. The molecule has 0 aliphatic heterocycles. The number of hydrogen-bond donors (Lipinski definition) is 0. The van der Waals surface area contributed by atoms with Crippen molar-refractivity contribution in [2.75, 3.05) is 26.4 Å². The van der Waals surface area contributed by atoms with Crippen LogP contribution in [0.15, 0.2) is 123 Å². The zero-order valence-electron chi connectivity index (χ0n) is 22.8. The molecule has 1 aliphatic carbocycles. The van der Waals surface area contributed by atoms with E-state index in [-0.39, 0.29) is 0 Å². The van der Waals surface area contributed by atoms with Gasteiger partial charge in [-0.15, -0.1) is 0 Å². The van der Waals surface area contributed by atoms with Gasteiger partial charge in [-0.1, -0.05) is 99.8 Å². The van der Waals surface area contributed by atoms with Gasteiger partial charge in [-0.3, -0.25) is 0 Å². The highest BCUT2D eigenvalue weighted by Gasteiger charge is 2.45. The maximum Gasteiger partial charge on any atom is 0.122 e. The zero-order chi connectivity index (χ0) is 27.5. The van der Waals surface area contributed by atoms with E-state index in [9.17, 15) is 0 Å². The minimum atomic E-state index is -0.470. The van der Waals surface area contributed by atoms with Crippen LogP contribution in [0.2, 0.25) is 0 Å². The van der Waals surface area contributed by atoms with E-state index in [0.717, 1.165) is 11.5 Å². The van der Waals surface area contributed by atoms with Crippen LogP contribution in [0.5, 0.6) is 11.5 Å². The Balaban J connectivity index is 0.00000172. The van der Waals surface area contributed by atoms with Gasteiger partial charge in [0.05, 0.1) is 17.9 Å². The lowest BCUT2D eigenvalue weighted by Gasteiger charge is -2.34. The largest absolute Gasteiger partial charge is 0.498 e. The van der Waals surface area contributed by atoms with Crippen LogP contribution in [0.4, 0.5) is 0 Å². The van der Waals surface area contributed by atoms with Crippen LogP contribution >= 0.6 is 0 Å². The molecule has 0 heterocycles. The maximum absolute atomic E-state index is 5.87. The Labute approximate surface area is 232 Å². The maximum atomic E-state index is 5.87. The Hall–Kier alpha value is -4.44. The van der Waals surface area contributed by atoms with Crippen molar-refractivity contribution < 1.29 is 18.9 Å². The van der Waals surface area contributed by atoms with E-state index in [1.807, 2.05) is 38.1 Å². The van der Waals surface area contributed by atoms with Crippen molar-refractivity contribution in [2.45, 2.75) is 19.3 Å². The highest BCUT2D eigenvalue weighted by molar-refractivity contribution is 5.86. The Morgan fingerprint density at radius 2 is 0.923 bits per heavy atom. The highest BCUT2D eigenvalue weighted by atomic mass is 16.5. The number of fused-ring (bicyclic) bond motifs is 3. The quantitative estimate of drug-likeness (QED) is 0.123. The van der Waals surface area contributed by atoms with E-state index in [0.29, 0.717) is 26.4 Å². The van der Waals surface area contributed by atoms with Crippen LogP contribution < -0.4 is 9.47 Å². The van der Waals surface area contributed by atoms with Crippen LogP contribution in [-0.4, -0.2) is 26.4 Å². The molecule has 0 fully saturated rings. The van der Waals surface area contributed by atoms with E-state index in [2.05, 4.69) is 86.0 Å². The van der Waals surface area contributed by atoms with Gasteiger partial charge >= 0.3 is 0 Å². The average Bonchev–Trinajstić information content (AvgIpc) is 3.30. The number of benzene rings is 4. The van der Waals surface area contributed by atoms with Gasteiger partial charge in [0.25, 0.3) is 0 Å².